The van der Waals surface area contributed by atoms with Gasteiger partial charge in [-0.3, -0.25) is 9.69 Å². The molecule has 4 rings (SSSR count). The Hall–Kier alpha value is -3.15. The molecule has 0 aliphatic carbocycles. The second-order valence-corrected chi connectivity index (χ2v) is 8.14. The molecular weight excluding hydrogens is 404 g/mol. The van der Waals surface area contributed by atoms with Crippen molar-refractivity contribution in [3.8, 4) is 11.1 Å². The van der Waals surface area contributed by atoms with Crippen LogP contribution in [0.25, 0.3) is 17.2 Å². The van der Waals surface area contributed by atoms with E-state index in [-0.39, 0.29) is 5.91 Å². The molecule has 1 saturated heterocycles. The lowest BCUT2D eigenvalue weighted by Crippen LogP contribution is -2.30. The first-order valence-corrected chi connectivity index (χ1v) is 11.1. The number of methoxy groups -OCH3 is 1. The quantitative estimate of drug-likeness (QED) is 0.343. The fourth-order valence-corrected chi connectivity index (χ4v) is 4.35. The molecule has 156 valence electrons. The number of amides is 1. The minimum Gasteiger partial charge on any atom is -0.385 e. The third-order valence-electron chi connectivity index (χ3n) is 4.91. The highest BCUT2D eigenvalue weighted by molar-refractivity contribution is 8.18. The normalized spacial score (nSPS) is 16.4. The Morgan fingerprint density at radius 3 is 2.23 bits per heavy atom. The van der Waals surface area contributed by atoms with E-state index >= 15 is 0 Å². The summed E-state index contributed by atoms with van der Waals surface area (Å²) in [6.07, 6.45) is 2.70. The summed E-state index contributed by atoms with van der Waals surface area (Å²) in [7, 11) is 1.67. The monoisotopic (exact) mass is 428 g/mol. The standard InChI is InChI=1S/C26H24N2O2S/c1-30-18-8-17-28-25(29)24(31-26(28)27-23-11-6-3-7-12-23)19-20-13-15-22(16-14-20)21-9-4-2-5-10-21/h2-7,9-16,19H,8,17-18H2,1H3/b24-19-,27-26?. The summed E-state index contributed by atoms with van der Waals surface area (Å²) in [5.41, 5.74) is 4.16. The summed E-state index contributed by atoms with van der Waals surface area (Å²) >= 11 is 1.42. The summed E-state index contributed by atoms with van der Waals surface area (Å²) in [5.74, 6) is -0.0112. The van der Waals surface area contributed by atoms with Crippen LogP contribution in [0.15, 0.2) is 94.8 Å². The lowest BCUT2D eigenvalue weighted by Gasteiger charge is -2.15. The molecular formula is C26H24N2O2S. The zero-order valence-corrected chi connectivity index (χ0v) is 18.2. The maximum atomic E-state index is 13.1. The molecule has 1 heterocycles. The Balaban J connectivity index is 1.58. The molecule has 0 spiro atoms. The van der Waals surface area contributed by atoms with Gasteiger partial charge in [-0.25, -0.2) is 4.99 Å². The number of hydrogen-bond donors (Lipinski definition) is 0. The van der Waals surface area contributed by atoms with Crippen LogP contribution in [0.3, 0.4) is 0 Å². The smallest absolute Gasteiger partial charge is 0.266 e. The van der Waals surface area contributed by atoms with Crippen LogP contribution in [0, 0.1) is 0 Å². The van der Waals surface area contributed by atoms with Gasteiger partial charge in [0.2, 0.25) is 0 Å². The van der Waals surface area contributed by atoms with Crippen LogP contribution in [-0.2, 0) is 9.53 Å². The maximum Gasteiger partial charge on any atom is 0.266 e. The minimum absolute atomic E-state index is 0.0112. The number of ether oxygens (including phenoxy) is 1. The van der Waals surface area contributed by atoms with E-state index in [1.807, 2.05) is 66.7 Å². The van der Waals surface area contributed by atoms with E-state index in [0.717, 1.165) is 23.2 Å². The van der Waals surface area contributed by atoms with Crippen molar-refractivity contribution in [2.45, 2.75) is 6.42 Å². The summed E-state index contributed by atoms with van der Waals surface area (Å²) < 4.78 is 5.16. The molecule has 0 radical (unpaired) electrons. The molecule has 0 aromatic heterocycles. The van der Waals surface area contributed by atoms with Gasteiger partial charge in [-0.2, -0.15) is 0 Å². The summed E-state index contributed by atoms with van der Waals surface area (Å²) in [4.78, 5) is 20.3. The van der Waals surface area contributed by atoms with Gasteiger partial charge in [-0.05, 0) is 53.1 Å². The first-order chi connectivity index (χ1) is 15.2. The second-order valence-electron chi connectivity index (χ2n) is 7.13. The Morgan fingerprint density at radius 1 is 0.903 bits per heavy atom. The Bertz CT molecular complexity index is 1080. The van der Waals surface area contributed by atoms with Crippen molar-refractivity contribution in [2.75, 3.05) is 20.3 Å². The molecule has 0 bridgehead atoms. The van der Waals surface area contributed by atoms with Gasteiger partial charge < -0.3 is 4.74 Å². The first-order valence-electron chi connectivity index (χ1n) is 10.2. The molecule has 1 aliphatic rings. The van der Waals surface area contributed by atoms with Crippen molar-refractivity contribution in [3.05, 3.63) is 95.4 Å². The lowest BCUT2D eigenvalue weighted by atomic mass is 10.0. The predicted octanol–water partition coefficient (Wildman–Crippen LogP) is 5.99. The van der Waals surface area contributed by atoms with Gasteiger partial charge in [-0.15, -0.1) is 0 Å². The summed E-state index contributed by atoms with van der Waals surface area (Å²) in [6.45, 7) is 1.18. The van der Waals surface area contributed by atoms with Gasteiger partial charge in [-0.1, -0.05) is 72.8 Å². The zero-order valence-electron chi connectivity index (χ0n) is 17.4. The van der Waals surface area contributed by atoms with Crippen LogP contribution >= 0.6 is 11.8 Å². The fraction of sp³-hybridized carbons (Fsp3) is 0.154. The number of nitrogens with zero attached hydrogens (tertiary/aromatic N) is 2. The minimum atomic E-state index is -0.0112. The number of benzene rings is 3. The number of rotatable bonds is 7. The number of aliphatic imine (C=N–C) groups is 1. The summed E-state index contributed by atoms with van der Waals surface area (Å²) in [5, 5.41) is 0.708. The van der Waals surface area contributed by atoms with Crippen molar-refractivity contribution in [3.63, 3.8) is 0 Å². The topological polar surface area (TPSA) is 41.9 Å². The number of hydrogen-bond acceptors (Lipinski definition) is 4. The highest BCUT2D eigenvalue weighted by atomic mass is 32.2. The fourth-order valence-electron chi connectivity index (χ4n) is 3.32. The van der Waals surface area contributed by atoms with Gasteiger partial charge in [0.25, 0.3) is 5.91 Å². The third-order valence-corrected chi connectivity index (χ3v) is 5.92. The van der Waals surface area contributed by atoms with E-state index in [0.29, 0.717) is 23.2 Å². The zero-order chi connectivity index (χ0) is 21.5. The van der Waals surface area contributed by atoms with E-state index in [4.69, 9.17) is 9.73 Å². The number of para-hydroxylation sites is 1. The van der Waals surface area contributed by atoms with E-state index in [1.54, 1.807) is 12.0 Å². The predicted molar refractivity (Wildman–Crippen MR) is 129 cm³/mol. The van der Waals surface area contributed by atoms with Gasteiger partial charge in [0.1, 0.15) is 0 Å². The SMILES string of the molecule is COCCCN1C(=O)/C(=C/c2ccc(-c3ccccc3)cc2)SC1=Nc1ccccc1. The van der Waals surface area contributed by atoms with Crippen molar-refractivity contribution < 1.29 is 9.53 Å². The number of carbonyl (C=O) groups excluding carboxylic acids is 1. The molecule has 0 unspecified atom stereocenters. The van der Waals surface area contributed by atoms with Gasteiger partial charge in [0.15, 0.2) is 5.17 Å². The van der Waals surface area contributed by atoms with Crippen molar-refractivity contribution in [1.29, 1.82) is 0 Å². The van der Waals surface area contributed by atoms with Crippen molar-refractivity contribution >= 4 is 34.6 Å². The molecule has 1 fully saturated rings. The molecule has 1 aliphatic heterocycles. The summed E-state index contributed by atoms with van der Waals surface area (Å²) in [6, 6.07) is 28.2. The van der Waals surface area contributed by atoms with E-state index in [1.165, 1.54) is 17.3 Å². The highest BCUT2D eigenvalue weighted by Gasteiger charge is 2.33. The molecule has 5 heteroatoms. The van der Waals surface area contributed by atoms with Crippen LogP contribution in [-0.4, -0.2) is 36.2 Å². The largest absolute Gasteiger partial charge is 0.385 e. The van der Waals surface area contributed by atoms with E-state index < -0.39 is 0 Å². The Morgan fingerprint density at radius 2 is 1.55 bits per heavy atom. The molecule has 4 nitrogen and oxygen atoms in total. The van der Waals surface area contributed by atoms with Crippen LogP contribution in [0.5, 0.6) is 0 Å². The number of carbonyl (C=O) groups is 1. The van der Waals surface area contributed by atoms with Crippen LogP contribution in [0.1, 0.15) is 12.0 Å². The molecule has 0 saturated carbocycles. The molecule has 3 aromatic carbocycles. The van der Waals surface area contributed by atoms with Crippen molar-refractivity contribution in [2.24, 2.45) is 4.99 Å². The Kier molecular flexibility index (Phi) is 6.97. The first kappa shape index (κ1) is 21.1. The maximum absolute atomic E-state index is 13.1. The average Bonchev–Trinajstić information content (AvgIpc) is 3.10. The average molecular weight is 429 g/mol. The van der Waals surface area contributed by atoms with E-state index in [2.05, 4.69) is 24.3 Å². The third kappa shape index (κ3) is 5.32. The molecule has 3 aromatic rings. The van der Waals surface area contributed by atoms with E-state index in [9.17, 15) is 4.79 Å². The van der Waals surface area contributed by atoms with Crippen molar-refractivity contribution in [1.82, 2.24) is 4.90 Å². The molecule has 1 amide bonds. The van der Waals surface area contributed by atoms with Gasteiger partial charge in [0.05, 0.1) is 10.6 Å². The van der Waals surface area contributed by atoms with Gasteiger partial charge >= 0.3 is 0 Å². The Labute approximate surface area is 187 Å². The highest BCUT2D eigenvalue weighted by Crippen LogP contribution is 2.34. The molecule has 31 heavy (non-hydrogen) atoms. The molecule has 0 atom stereocenters. The number of amidine groups is 1. The molecule has 0 N–H and O–H groups in total. The van der Waals surface area contributed by atoms with Crippen LogP contribution < -0.4 is 0 Å². The number of thioether (sulfide) groups is 1. The second kappa shape index (κ2) is 10.2. The lowest BCUT2D eigenvalue weighted by molar-refractivity contribution is -0.122. The van der Waals surface area contributed by atoms with Gasteiger partial charge in [0, 0.05) is 20.3 Å². The van der Waals surface area contributed by atoms with Crippen LogP contribution in [0.2, 0.25) is 0 Å². The van der Waals surface area contributed by atoms with Crippen LogP contribution in [0.4, 0.5) is 5.69 Å².